The van der Waals surface area contributed by atoms with Gasteiger partial charge in [0.25, 0.3) is 0 Å². The SMILES string of the molecule is CC(C)(C)c1ccc(Cc2cc([C@@H]3O[C@H]([C@@H](O)CO)[C@H](O)[C@H]3O)ccc2Cl)cc1. The van der Waals surface area contributed by atoms with Crippen molar-refractivity contribution in [3.05, 3.63) is 69.7 Å². The fourth-order valence-corrected chi connectivity index (χ4v) is 3.84. The number of ether oxygens (including phenoxy) is 1. The minimum atomic E-state index is -1.29. The van der Waals surface area contributed by atoms with E-state index >= 15 is 0 Å². The molecular weight excluding hydrogens is 392 g/mol. The average Bonchev–Trinajstić information content (AvgIpc) is 2.98. The molecule has 1 aliphatic rings. The van der Waals surface area contributed by atoms with E-state index in [1.54, 1.807) is 12.1 Å². The summed E-state index contributed by atoms with van der Waals surface area (Å²) in [5, 5.41) is 40.1. The molecule has 158 valence electrons. The first-order chi connectivity index (χ1) is 13.6. The summed E-state index contributed by atoms with van der Waals surface area (Å²) in [5.74, 6) is 0. The fourth-order valence-electron chi connectivity index (χ4n) is 3.65. The smallest absolute Gasteiger partial charge is 0.115 e. The molecule has 2 aromatic carbocycles. The van der Waals surface area contributed by atoms with Crippen LogP contribution in [-0.4, -0.2) is 51.4 Å². The third kappa shape index (κ3) is 4.82. The molecule has 0 aromatic heterocycles. The number of hydrogen-bond donors (Lipinski definition) is 4. The zero-order chi connectivity index (χ0) is 21.3. The van der Waals surface area contributed by atoms with E-state index in [4.69, 9.17) is 21.4 Å². The Labute approximate surface area is 176 Å². The lowest BCUT2D eigenvalue weighted by atomic mass is 9.86. The van der Waals surface area contributed by atoms with Gasteiger partial charge >= 0.3 is 0 Å². The normalized spacial score (nSPS) is 25.9. The third-order valence-corrected chi connectivity index (χ3v) is 5.85. The van der Waals surface area contributed by atoms with Crippen LogP contribution in [-0.2, 0) is 16.6 Å². The summed E-state index contributed by atoms with van der Waals surface area (Å²) in [5.41, 5.74) is 3.99. The average molecular weight is 421 g/mol. The van der Waals surface area contributed by atoms with Gasteiger partial charge in [-0.15, -0.1) is 0 Å². The van der Waals surface area contributed by atoms with Crippen LogP contribution in [0, 0.1) is 0 Å². The molecule has 0 radical (unpaired) electrons. The van der Waals surface area contributed by atoms with Crippen molar-refractivity contribution in [2.45, 2.75) is 63.1 Å². The van der Waals surface area contributed by atoms with Crippen molar-refractivity contribution in [3.8, 4) is 0 Å². The summed E-state index contributed by atoms with van der Waals surface area (Å²) < 4.78 is 5.67. The Bertz CT molecular complexity index is 830. The molecule has 6 heteroatoms. The lowest BCUT2D eigenvalue weighted by molar-refractivity contribution is -0.0820. The van der Waals surface area contributed by atoms with E-state index in [0.29, 0.717) is 17.0 Å². The summed E-state index contributed by atoms with van der Waals surface area (Å²) in [6.07, 6.45) is -5.00. The Morgan fingerprint density at radius 2 is 1.69 bits per heavy atom. The topological polar surface area (TPSA) is 90.2 Å². The van der Waals surface area contributed by atoms with Crippen molar-refractivity contribution >= 4 is 11.6 Å². The number of aliphatic hydroxyl groups excluding tert-OH is 4. The Morgan fingerprint density at radius 1 is 1.03 bits per heavy atom. The van der Waals surface area contributed by atoms with Crippen LogP contribution < -0.4 is 0 Å². The van der Waals surface area contributed by atoms with Gasteiger partial charge in [-0.25, -0.2) is 0 Å². The van der Waals surface area contributed by atoms with Gasteiger partial charge in [0.05, 0.1) is 6.61 Å². The van der Waals surface area contributed by atoms with Crippen molar-refractivity contribution in [2.75, 3.05) is 6.61 Å². The molecule has 3 rings (SSSR count). The maximum Gasteiger partial charge on any atom is 0.115 e. The molecule has 1 saturated heterocycles. The Kier molecular flexibility index (Phi) is 6.68. The first kappa shape index (κ1) is 22.2. The molecule has 4 N–H and O–H groups in total. The largest absolute Gasteiger partial charge is 0.394 e. The molecule has 0 bridgehead atoms. The van der Waals surface area contributed by atoms with E-state index in [2.05, 4.69) is 45.0 Å². The zero-order valence-electron chi connectivity index (χ0n) is 16.9. The van der Waals surface area contributed by atoms with Crippen molar-refractivity contribution in [1.29, 1.82) is 0 Å². The molecule has 1 fully saturated rings. The van der Waals surface area contributed by atoms with Gasteiger partial charge in [0.1, 0.15) is 30.5 Å². The van der Waals surface area contributed by atoms with Crippen LogP contribution in [0.5, 0.6) is 0 Å². The second-order valence-corrected chi connectivity index (χ2v) is 9.13. The summed E-state index contributed by atoms with van der Waals surface area (Å²) in [6, 6.07) is 13.7. The highest BCUT2D eigenvalue weighted by molar-refractivity contribution is 6.31. The molecule has 1 heterocycles. The molecule has 0 unspecified atom stereocenters. The van der Waals surface area contributed by atoms with Gasteiger partial charge in [0.15, 0.2) is 0 Å². The van der Waals surface area contributed by atoms with Gasteiger partial charge in [0, 0.05) is 5.02 Å². The molecule has 1 aliphatic heterocycles. The lowest BCUT2D eigenvalue weighted by Crippen LogP contribution is -2.40. The molecule has 0 spiro atoms. The van der Waals surface area contributed by atoms with Crippen molar-refractivity contribution in [2.24, 2.45) is 0 Å². The van der Waals surface area contributed by atoms with Crippen LogP contribution in [0.2, 0.25) is 5.02 Å². The number of halogens is 1. The third-order valence-electron chi connectivity index (χ3n) is 5.48. The number of aliphatic hydroxyl groups is 4. The second kappa shape index (κ2) is 8.72. The zero-order valence-corrected chi connectivity index (χ0v) is 17.7. The monoisotopic (exact) mass is 420 g/mol. The number of rotatable bonds is 5. The molecule has 0 saturated carbocycles. The van der Waals surface area contributed by atoms with E-state index in [1.165, 1.54) is 5.56 Å². The highest BCUT2D eigenvalue weighted by atomic mass is 35.5. The van der Waals surface area contributed by atoms with Crippen LogP contribution in [0.1, 0.15) is 49.1 Å². The van der Waals surface area contributed by atoms with Crippen LogP contribution in [0.3, 0.4) is 0 Å². The maximum absolute atomic E-state index is 10.4. The minimum absolute atomic E-state index is 0.0859. The van der Waals surface area contributed by atoms with Crippen LogP contribution in [0.25, 0.3) is 0 Å². The van der Waals surface area contributed by atoms with Gasteiger partial charge in [-0.05, 0) is 40.2 Å². The maximum atomic E-state index is 10.4. The predicted molar refractivity (Wildman–Crippen MR) is 112 cm³/mol. The van der Waals surface area contributed by atoms with Crippen LogP contribution in [0.4, 0.5) is 0 Å². The molecular formula is C23H29ClO5. The first-order valence-electron chi connectivity index (χ1n) is 9.80. The van der Waals surface area contributed by atoms with E-state index in [0.717, 1.165) is 11.1 Å². The fraction of sp³-hybridized carbons (Fsp3) is 0.478. The van der Waals surface area contributed by atoms with Gasteiger partial charge in [-0.3, -0.25) is 0 Å². The second-order valence-electron chi connectivity index (χ2n) is 8.73. The molecule has 5 nitrogen and oxygen atoms in total. The van der Waals surface area contributed by atoms with Gasteiger partial charge in [0.2, 0.25) is 0 Å². The molecule has 0 amide bonds. The molecule has 2 aromatic rings. The van der Waals surface area contributed by atoms with E-state index in [9.17, 15) is 15.3 Å². The molecule has 5 atom stereocenters. The standard InChI is InChI=1S/C23H29ClO5/c1-23(2,3)16-7-4-13(5-8-16)10-15-11-14(6-9-17(15)24)21-19(27)20(28)22(29-21)18(26)12-25/h4-9,11,18-22,25-28H,10,12H2,1-3H3/t18-,19+,20+,21-,22+/m0/s1. The number of benzene rings is 2. The summed E-state index contributed by atoms with van der Waals surface area (Å²) in [4.78, 5) is 0. The van der Waals surface area contributed by atoms with Crippen LogP contribution in [0.15, 0.2) is 42.5 Å². The van der Waals surface area contributed by atoms with Crippen molar-refractivity contribution in [1.82, 2.24) is 0 Å². The van der Waals surface area contributed by atoms with Crippen molar-refractivity contribution in [3.63, 3.8) is 0 Å². The Balaban J connectivity index is 1.82. The van der Waals surface area contributed by atoms with Gasteiger partial charge in [-0.1, -0.05) is 68.8 Å². The van der Waals surface area contributed by atoms with E-state index in [-0.39, 0.29) is 5.41 Å². The quantitative estimate of drug-likeness (QED) is 0.597. The summed E-state index contributed by atoms with van der Waals surface area (Å²) >= 11 is 6.40. The van der Waals surface area contributed by atoms with Crippen molar-refractivity contribution < 1.29 is 25.2 Å². The first-order valence-corrected chi connectivity index (χ1v) is 10.2. The molecule has 0 aliphatic carbocycles. The Hall–Kier alpha value is -1.47. The summed E-state index contributed by atoms with van der Waals surface area (Å²) in [6.45, 7) is 5.96. The highest BCUT2D eigenvalue weighted by Gasteiger charge is 2.46. The van der Waals surface area contributed by atoms with E-state index < -0.39 is 37.1 Å². The highest BCUT2D eigenvalue weighted by Crippen LogP contribution is 2.36. The van der Waals surface area contributed by atoms with Gasteiger partial charge < -0.3 is 25.2 Å². The van der Waals surface area contributed by atoms with Crippen LogP contribution >= 0.6 is 11.6 Å². The Morgan fingerprint density at radius 3 is 2.28 bits per heavy atom. The van der Waals surface area contributed by atoms with Gasteiger partial charge in [-0.2, -0.15) is 0 Å². The number of hydrogen-bond acceptors (Lipinski definition) is 5. The predicted octanol–water partition coefficient (Wildman–Crippen LogP) is 2.74. The minimum Gasteiger partial charge on any atom is -0.394 e. The molecule has 29 heavy (non-hydrogen) atoms. The van der Waals surface area contributed by atoms with E-state index in [1.807, 2.05) is 6.07 Å². The summed E-state index contributed by atoms with van der Waals surface area (Å²) in [7, 11) is 0. The lowest BCUT2D eigenvalue weighted by Gasteiger charge is -2.20.